The number of nitrogens with zero attached hydrogens (tertiary/aromatic N) is 2. The lowest BCUT2D eigenvalue weighted by Gasteiger charge is -2.05. The predicted molar refractivity (Wildman–Crippen MR) is 90.5 cm³/mol. The number of nitro groups is 1. The van der Waals surface area contributed by atoms with E-state index in [1.807, 2.05) is 0 Å². The molecule has 0 saturated carbocycles. The SMILES string of the molecule is COc1cc(/C=N/NC(=O)c2ccccc2Br)cc([N+](=O)[O-])c1O. The molecule has 0 aliphatic heterocycles. The molecule has 1 amide bonds. The summed E-state index contributed by atoms with van der Waals surface area (Å²) in [5.41, 5.74) is 2.47. The Kier molecular flexibility index (Phi) is 5.48. The number of halogens is 1. The van der Waals surface area contributed by atoms with Crippen molar-refractivity contribution in [2.45, 2.75) is 0 Å². The van der Waals surface area contributed by atoms with Gasteiger partial charge in [0.05, 0.1) is 23.8 Å². The van der Waals surface area contributed by atoms with Crippen molar-refractivity contribution in [1.29, 1.82) is 0 Å². The zero-order valence-electron chi connectivity index (χ0n) is 12.4. The molecule has 0 aliphatic rings. The maximum absolute atomic E-state index is 12.0. The molecule has 2 N–H and O–H groups in total. The monoisotopic (exact) mass is 393 g/mol. The number of phenolic OH excluding ortho intramolecular Hbond substituents is 1. The molecule has 0 aromatic heterocycles. The Hall–Kier alpha value is -2.94. The van der Waals surface area contributed by atoms with E-state index in [1.165, 1.54) is 19.4 Å². The van der Waals surface area contributed by atoms with Crippen LogP contribution in [0.4, 0.5) is 5.69 Å². The van der Waals surface area contributed by atoms with E-state index in [2.05, 4.69) is 26.5 Å². The molecular formula is C15H12BrN3O5. The molecular weight excluding hydrogens is 382 g/mol. The van der Waals surface area contributed by atoms with Gasteiger partial charge in [-0.3, -0.25) is 14.9 Å². The predicted octanol–water partition coefficient (Wildman–Crippen LogP) is 2.84. The smallest absolute Gasteiger partial charge is 0.315 e. The van der Waals surface area contributed by atoms with Gasteiger partial charge in [0.2, 0.25) is 5.75 Å². The number of hydrogen-bond donors (Lipinski definition) is 2. The van der Waals surface area contributed by atoms with Gasteiger partial charge in [0.25, 0.3) is 5.91 Å². The number of hydrazone groups is 1. The maximum Gasteiger partial charge on any atom is 0.315 e. The fourth-order valence-corrected chi connectivity index (χ4v) is 2.32. The van der Waals surface area contributed by atoms with Gasteiger partial charge in [-0.1, -0.05) is 12.1 Å². The number of carbonyl (C=O) groups is 1. The molecule has 0 saturated heterocycles. The summed E-state index contributed by atoms with van der Waals surface area (Å²) in [6.07, 6.45) is 1.21. The number of ether oxygens (including phenoxy) is 1. The van der Waals surface area contributed by atoms with Crippen molar-refractivity contribution in [2.75, 3.05) is 7.11 Å². The van der Waals surface area contributed by atoms with Crippen molar-refractivity contribution in [3.05, 3.63) is 62.1 Å². The van der Waals surface area contributed by atoms with Gasteiger partial charge in [-0.2, -0.15) is 5.10 Å². The Morgan fingerprint density at radius 3 is 2.75 bits per heavy atom. The molecule has 0 unspecified atom stereocenters. The second-order valence-electron chi connectivity index (χ2n) is 4.53. The summed E-state index contributed by atoms with van der Waals surface area (Å²) in [7, 11) is 1.27. The van der Waals surface area contributed by atoms with Gasteiger partial charge >= 0.3 is 5.69 Å². The van der Waals surface area contributed by atoms with Crippen molar-refractivity contribution < 1.29 is 19.6 Å². The lowest BCUT2D eigenvalue weighted by molar-refractivity contribution is -0.386. The van der Waals surface area contributed by atoms with Crippen LogP contribution in [0.3, 0.4) is 0 Å². The first-order valence-electron chi connectivity index (χ1n) is 6.57. The highest BCUT2D eigenvalue weighted by Crippen LogP contribution is 2.36. The van der Waals surface area contributed by atoms with Gasteiger partial charge in [0.1, 0.15) is 0 Å². The molecule has 0 atom stereocenters. The van der Waals surface area contributed by atoms with E-state index in [4.69, 9.17) is 4.74 Å². The van der Waals surface area contributed by atoms with Crippen molar-refractivity contribution >= 4 is 33.7 Å². The molecule has 8 nitrogen and oxygen atoms in total. The number of aromatic hydroxyl groups is 1. The summed E-state index contributed by atoms with van der Waals surface area (Å²) in [5, 5.41) is 24.4. The summed E-state index contributed by atoms with van der Waals surface area (Å²) in [6, 6.07) is 9.28. The third-order valence-corrected chi connectivity index (χ3v) is 3.68. The Morgan fingerprint density at radius 1 is 1.42 bits per heavy atom. The van der Waals surface area contributed by atoms with Crippen LogP contribution < -0.4 is 10.2 Å². The van der Waals surface area contributed by atoms with E-state index in [-0.39, 0.29) is 11.3 Å². The molecule has 2 aromatic rings. The number of hydrogen-bond acceptors (Lipinski definition) is 6. The molecule has 2 aromatic carbocycles. The lowest BCUT2D eigenvalue weighted by Crippen LogP contribution is -2.18. The summed E-state index contributed by atoms with van der Waals surface area (Å²) in [6.45, 7) is 0. The maximum atomic E-state index is 12.0. The number of nitro benzene ring substituents is 1. The summed E-state index contributed by atoms with van der Waals surface area (Å²) < 4.78 is 5.49. The quantitative estimate of drug-likeness (QED) is 0.460. The Labute approximate surface area is 145 Å². The molecule has 0 aliphatic carbocycles. The van der Waals surface area contributed by atoms with Gasteiger partial charge in [-0.05, 0) is 34.1 Å². The molecule has 0 spiro atoms. The number of nitrogens with one attached hydrogen (secondary N) is 1. The standard InChI is InChI=1S/C15H12BrN3O5/c1-24-13-7-9(6-12(14(13)20)19(22)23)8-17-18-15(21)10-4-2-3-5-11(10)16/h2-8,20H,1H3,(H,18,21)/b17-8+. The molecule has 9 heteroatoms. The van der Waals surface area contributed by atoms with Crippen LogP contribution in [0.2, 0.25) is 0 Å². The third-order valence-electron chi connectivity index (χ3n) is 2.99. The molecule has 2 rings (SSSR count). The molecule has 124 valence electrons. The van der Waals surface area contributed by atoms with Crippen LogP contribution in [0.1, 0.15) is 15.9 Å². The van der Waals surface area contributed by atoms with E-state index in [9.17, 15) is 20.0 Å². The van der Waals surface area contributed by atoms with Crippen molar-refractivity contribution in [2.24, 2.45) is 5.10 Å². The number of methoxy groups -OCH3 is 1. The van der Waals surface area contributed by atoms with E-state index in [1.54, 1.807) is 24.3 Å². The first-order valence-corrected chi connectivity index (χ1v) is 7.36. The molecule has 0 heterocycles. The summed E-state index contributed by atoms with van der Waals surface area (Å²) in [4.78, 5) is 22.2. The van der Waals surface area contributed by atoms with Gasteiger partial charge < -0.3 is 9.84 Å². The number of carbonyl (C=O) groups excluding carboxylic acids is 1. The third kappa shape index (κ3) is 3.87. The number of phenols is 1. The summed E-state index contributed by atoms with van der Waals surface area (Å²) in [5.74, 6) is -1.08. The van der Waals surface area contributed by atoms with E-state index < -0.39 is 22.3 Å². The van der Waals surface area contributed by atoms with Crippen LogP contribution in [0.25, 0.3) is 0 Å². The first-order chi connectivity index (χ1) is 11.4. The minimum Gasteiger partial charge on any atom is -0.500 e. The van der Waals surface area contributed by atoms with Crippen LogP contribution in [0, 0.1) is 10.1 Å². The Balaban J connectivity index is 2.20. The highest BCUT2D eigenvalue weighted by molar-refractivity contribution is 9.10. The minimum absolute atomic E-state index is 0.0669. The number of amides is 1. The molecule has 0 fully saturated rings. The average Bonchev–Trinajstić information content (AvgIpc) is 2.56. The Bertz CT molecular complexity index is 823. The zero-order valence-corrected chi connectivity index (χ0v) is 14.0. The van der Waals surface area contributed by atoms with Crippen LogP contribution >= 0.6 is 15.9 Å². The van der Waals surface area contributed by atoms with Crippen molar-refractivity contribution in [3.63, 3.8) is 0 Å². The minimum atomic E-state index is -0.741. The van der Waals surface area contributed by atoms with Crippen molar-refractivity contribution in [3.8, 4) is 11.5 Å². The van der Waals surface area contributed by atoms with E-state index in [0.717, 1.165) is 6.07 Å². The zero-order chi connectivity index (χ0) is 17.7. The second-order valence-corrected chi connectivity index (χ2v) is 5.38. The topological polar surface area (TPSA) is 114 Å². The van der Waals surface area contributed by atoms with E-state index in [0.29, 0.717) is 10.0 Å². The van der Waals surface area contributed by atoms with Crippen LogP contribution in [-0.2, 0) is 0 Å². The molecule has 24 heavy (non-hydrogen) atoms. The van der Waals surface area contributed by atoms with Gasteiger partial charge in [-0.25, -0.2) is 5.43 Å². The highest BCUT2D eigenvalue weighted by Gasteiger charge is 2.19. The van der Waals surface area contributed by atoms with Crippen LogP contribution in [0.15, 0.2) is 46.0 Å². The Morgan fingerprint density at radius 2 is 2.12 bits per heavy atom. The van der Waals surface area contributed by atoms with Gasteiger partial charge in [-0.15, -0.1) is 0 Å². The summed E-state index contributed by atoms with van der Waals surface area (Å²) >= 11 is 3.25. The van der Waals surface area contributed by atoms with Crippen molar-refractivity contribution in [1.82, 2.24) is 5.43 Å². The first kappa shape index (κ1) is 17.4. The molecule has 0 bridgehead atoms. The normalized spacial score (nSPS) is 10.6. The number of rotatable bonds is 5. The largest absolute Gasteiger partial charge is 0.500 e. The van der Waals surface area contributed by atoms with E-state index >= 15 is 0 Å². The fourth-order valence-electron chi connectivity index (χ4n) is 1.85. The second kappa shape index (κ2) is 7.55. The van der Waals surface area contributed by atoms with Gasteiger partial charge in [0.15, 0.2) is 5.75 Å². The highest BCUT2D eigenvalue weighted by atomic mass is 79.9. The number of benzene rings is 2. The van der Waals surface area contributed by atoms with Gasteiger partial charge in [0, 0.05) is 16.1 Å². The average molecular weight is 394 g/mol. The van der Waals surface area contributed by atoms with Crippen LogP contribution in [-0.4, -0.2) is 29.3 Å². The lowest BCUT2D eigenvalue weighted by atomic mass is 10.2. The molecule has 0 radical (unpaired) electrons. The van der Waals surface area contributed by atoms with Crippen LogP contribution in [0.5, 0.6) is 11.5 Å². The fraction of sp³-hybridized carbons (Fsp3) is 0.0667.